The van der Waals surface area contributed by atoms with Gasteiger partial charge in [-0.15, -0.1) is 0 Å². The third kappa shape index (κ3) is 3.01. The Bertz CT molecular complexity index is 597. The Morgan fingerprint density at radius 2 is 1.89 bits per heavy atom. The molecule has 0 atom stereocenters. The zero-order valence-corrected chi connectivity index (χ0v) is 10.3. The van der Waals surface area contributed by atoms with Gasteiger partial charge in [0.05, 0.1) is 7.11 Å². The Hall–Kier alpha value is -2.56. The maximum atomic E-state index is 13.2. The minimum absolute atomic E-state index is 0.0788. The SMILES string of the molecule is COc1cc(NC(=O)c2ccc(N)cc2)ccc1F. The van der Waals surface area contributed by atoms with E-state index in [4.69, 9.17) is 10.5 Å². The van der Waals surface area contributed by atoms with Crippen LogP contribution in [0.3, 0.4) is 0 Å². The Labute approximate surface area is 110 Å². The summed E-state index contributed by atoms with van der Waals surface area (Å²) < 4.78 is 18.1. The van der Waals surface area contributed by atoms with E-state index >= 15 is 0 Å². The maximum Gasteiger partial charge on any atom is 0.255 e. The molecule has 0 heterocycles. The molecule has 0 saturated heterocycles. The van der Waals surface area contributed by atoms with E-state index in [1.165, 1.54) is 25.3 Å². The molecule has 0 unspecified atom stereocenters. The van der Waals surface area contributed by atoms with Gasteiger partial charge in [0.2, 0.25) is 0 Å². The molecule has 2 rings (SSSR count). The molecule has 0 saturated carbocycles. The normalized spacial score (nSPS) is 10.0. The molecule has 0 aliphatic rings. The van der Waals surface area contributed by atoms with Gasteiger partial charge in [-0.2, -0.15) is 0 Å². The van der Waals surface area contributed by atoms with Crippen LogP contribution in [-0.2, 0) is 0 Å². The van der Waals surface area contributed by atoms with Crippen LogP contribution < -0.4 is 15.8 Å². The monoisotopic (exact) mass is 260 g/mol. The summed E-state index contributed by atoms with van der Waals surface area (Å²) in [5, 5.41) is 2.65. The van der Waals surface area contributed by atoms with Crippen LogP contribution >= 0.6 is 0 Å². The van der Waals surface area contributed by atoms with Crippen molar-refractivity contribution in [1.82, 2.24) is 0 Å². The first kappa shape index (κ1) is 12.9. The third-order valence-corrected chi connectivity index (χ3v) is 2.58. The van der Waals surface area contributed by atoms with E-state index in [1.807, 2.05) is 0 Å². The van der Waals surface area contributed by atoms with E-state index < -0.39 is 5.82 Å². The van der Waals surface area contributed by atoms with Crippen LogP contribution in [0.15, 0.2) is 42.5 Å². The van der Waals surface area contributed by atoms with Crippen LogP contribution in [0.2, 0.25) is 0 Å². The van der Waals surface area contributed by atoms with Gasteiger partial charge in [0.15, 0.2) is 11.6 Å². The number of amides is 1. The number of halogens is 1. The predicted octanol–water partition coefficient (Wildman–Crippen LogP) is 2.67. The highest BCUT2D eigenvalue weighted by atomic mass is 19.1. The third-order valence-electron chi connectivity index (χ3n) is 2.58. The summed E-state index contributed by atoms with van der Waals surface area (Å²) in [6.07, 6.45) is 0. The number of hydrogen-bond donors (Lipinski definition) is 2. The Morgan fingerprint density at radius 3 is 2.53 bits per heavy atom. The number of rotatable bonds is 3. The van der Waals surface area contributed by atoms with Crippen LogP contribution in [0.25, 0.3) is 0 Å². The van der Waals surface area contributed by atoms with Crippen LogP contribution in [0, 0.1) is 5.82 Å². The van der Waals surface area contributed by atoms with Gasteiger partial charge in [-0.05, 0) is 36.4 Å². The van der Waals surface area contributed by atoms with Crippen molar-refractivity contribution in [2.45, 2.75) is 0 Å². The summed E-state index contributed by atoms with van der Waals surface area (Å²) in [6, 6.07) is 10.6. The summed E-state index contributed by atoms with van der Waals surface area (Å²) in [6.45, 7) is 0. The van der Waals surface area contributed by atoms with Crippen molar-refractivity contribution in [2.75, 3.05) is 18.2 Å². The lowest BCUT2D eigenvalue weighted by molar-refractivity contribution is 0.102. The zero-order chi connectivity index (χ0) is 13.8. The topological polar surface area (TPSA) is 64.3 Å². The highest BCUT2D eigenvalue weighted by Gasteiger charge is 2.08. The van der Waals surface area contributed by atoms with Crippen LogP contribution in [0.4, 0.5) is 15.8 Å². The molecule has 0 radical (unpaired) electrons. The Morgan fingerprint density at radius 1 is 1.21 bits per heavy atom. The molecular formula is C14H13FN2O2. The molecule has 0 fully saturated rings. The number of benzene rings is 2. The summed E-state index contributed by atoms with van der Waals surface area (Å²) in [4.78, 5) is 11.9. The van der Waals surface area contributed by atoms with Crippen molar-refractivity contribution in [3.63, 3.8) is 0 Å². The number of ether oxygens (including phenoxy) is 1. The zero-order valence-electron chi connectivity index (χ0n) is 10.3. The van der Waals surface area contributed by atoms with Gasteiger partial charge in [-0.3, -0.25) is 4.79 Å². The van der Waals surface area contributed by atoms with Gasteiger partial charge in [0.1, 0.15) is 0 Å². The average Bonchev–Trinajstić information content (AvgIpc) is 2.41. The van der Waals surface area contributed by atoms with Crippen molar-refractivity contribution in [3.05, 3.63) is 53.8 Å². The molecule has 3 N–H and O–H groups in total. The molecule has 98 valence electrons. The fourth-order valence-corrected chi connectivity index (χ4v) is 1.58. The number of nitrogens with two attached hydrogens (primary N) is 1. The van der Waals surface area contributed by atoms with Crippen LogP contribution in [0.5, 0.6) is 5.75 Å². The van der Waals surface area contributed by atoms with Crippen molar-refractivity contribution >= 4 is 17.3 Å². The van der Waals surface area contributed by atoms with Gasteiger partial charge in [0, 0.05) is 23.0 Å². The largest absolute Gasteiger partial charge is 0.494 e. The summed E-state index contributed by atoms with van der Waals surface area (Å²) in [5.74, 6) is -0.697. The molecule has 4 nitrogen and oxygen atoms in total. The fourth-order valence-electron chi connectivity index (χ4n) is 1.58. The van der Waals surface area contributed by atoms with E-state index in [9.17, 15) is 9.18 Å². The molecule has 2 aromatic carbocycles. The molecule has 0 aliphatic heterocycles. The Balaban J connectivity index is 2.17. The fraction of sp³-hybridized carbons (Fsp3) is 0.0714. The second kappa shape index (κ2) is 5.39. The van der Waals surface area contributed by atoms with Crippen LogP contribution in [0.1, 0.15) is 10.4 Å². The second-order valence-corrected chi connectivity index (χ2v) is 3.93. The smallest absolute Gasteiger partial charge is 0.255 e. The number of hydrogen-bond acceptors (Lipinski definition) is 3. The lowest BCUT2D eigenvalue weighted by Gasteiger charge is -2.08. The standard InChI is InChI=1S/C14H13FN2O2/c1-19-13-8-11(6-7-12(13)15)17-14(18)9-2-4-10(16)5-3-9/h2-8H,16H2,1H3,(H,17,18). The quantitative estimate of drug-likeness (QED) is 0.834. The highest BCUT2D eigenvalue weighted by Crippen LogP contribution is 2.22. The minimum atomic E-state index is -0.479. The summed E-state index contributed by atoms with van der Waals surface area (Å²) in [5.41, 5.74) is 7.06. The van der Waals surface area contributed by atoms with Gasteiger partial charge in [-0.1, -0.05) is 0 Å². The van der Waals surface area contributed by atoms with Crippen molar-refractivity contribution < 1.29 is 13.9 Å². The lowest BCUT2D eigenvalue weighted by Crippen LogP contribution is -2.12. The van der Waals surface area contributed by atoms with E-state index in [-0.39, 0.29) is 11.7 Å². The Kier molecular flexibility index (Phi) is 3.66. The molecule has 2 aromatic rings. The maximum absolute atomic E-state index is 13.2. The second-order valence-electron chi connectivity index (χ2n) is 3.93. The summed E-state index contributed by atoms with van der Waals surface area (Å²) >= 11 is 0. The average molecular weight is 260 g/mol. The number of nitrogens with one attached hydrogen (secondary N) is 1. The van der Waals surface area contributed by atoms with Gasteiger partial charge >= 0.3 is 0 Å². The molecule has 19 heavy (non-hydrogen) atoms. The molecule has 0 aliphatic carbocycles. The lowest BCUT2D eigenvalue weighted by atomic mass is 10.2. The summed E-state index contributed by atoms with van der Waals surface area (Å²) in [7, 11) is 1.37. The van der Waals surface area contributed by atoms with E-state index in [2.05, 4.69) is 5.32 Å². The van der Waals surface area contributed by atoms with Gasteiger partial charge in [-0.25, -0.2) is 4.39 Å². The van der Waals surface area contributed by atoms with Crippen molar-refractivity contribution in [1.29, 1.82) is 0 Å². The number of anilines is 2. The van der Waals surface area contributed by atoms with E-state index in [0.29, 0.717) is 16.9 Å². The predicted molar refractivity (Wildman–Crippen MR) is 71.8 cm³/mol. The highest BCUT2D eigenvalue weighted by molar-refractivity contribution is 6.04. The molecule has 0 aromatic heterocycles. The van der Waals surface area contributed by atoms with Crippen molar-refractivity contribution in [3.8, 4) is 5.75 Å². The molecular weight excluding hydrogens is 247 g/mol. The van der Waals surface area contributed by atoms with E-state index in [0.717, 1.165) is 0 Å². The number of carbonyl (C=O) groups is 1. The molecule has 5 heteroatoms. The molecule has 0 spiro atoms. The van der Waals surface area contributed by atoms with Gasteiger partial charge < -0.3 is 15.8 Å². The first-order valence-corrected chi connectivity index (χ1v) is 5.60. The molecule has 1 amide bonds. The number of carbonyl (C=O) groups excluding carboxylic acids is 1. The van der Waals surface area contributed by atoms with Crippen LogP contribution in [-0.4, -0.2) is 13.0 Å². The minimum Gasteiger partial charge on any atom is -0.494 e. The van der Waals surface area contributed by atoms with Gasteiger partial charge in [0.25, 0.3) is 5.91 Å². The molecule has 0 bridgehead atoms. The van der Waals surface area contributed by atoms with Crippen molar-refractivity contribution in [2.24, 2.45) is 0 Å². The number of methoxy groups -OCH3 is 1. The van der Waals surface area contributed by atoms with E-state index in [1.54, 1.807) is 24.3 Å². The number of nitrogen functional groups attached to an aromatic ring is 1. The first-order chi connectivity index (χ1) is 9.10. The first-order valence-electron chi connectivity index (χ1n) is 5.60.